The molecule has 1 atom stereocenters. The zero-order valence-corrected chi connectivity index (χ0v) is 11.1. The smallest absolute Gasteiger partial charge is 0.141 e. The van der Waals surface area contributed by atoms with Crippen LogP contribution in [0.2, 0.25) is 0 Å². The second kappa shape index (κ2) is 4.94. The number of aromatic nitrogens is 2. The van der Waals surface area contributed by atoms with Gasteiger partial charge in [0, 0.05) is 12.2 Å². The summed E-state index contributed by atoms with van der Waals surface area (Å²) >= 11 is 2.02. The number of nitrogens with one attached hydrogen (secondary N) is 1. The van der Waals surface area contributed by atoms with E-state index in [1.54, 1.807) is 0 Å². The van der Waals surface area contributed by atoms with Crippen molar-refractivity contribution in [2.75, 3.05) is 12.3 Å². The molecule has 0 spiro atoms. The van der Waals surface area contributed by atoms with Gasteiger partial charge in [-0.25, -0.2) is 9.97 Å². The Morgan fingerprint density at radius 3 is 3.12 bits per heavy atom. The van der Waals surface area contributed by atoms with E-state index >= 15 is 0 Å². The normalized spacial score (nSPS) is 23.7. The topological polar surface area (TPSA) is 37.8 Å². The lowest BCUT2D eigenvalue weighted by Gasteiger charge is -2.20. The van der Waals surface area contributed by atoms with Gasteiger partial charge in [-0.2, -0.15) is 11.8 Å². The Balaban J connectivity index is 1.99. The molecule has 17 heavy (non-hydrogen) atoms. The van der Waals surface area contributed by atoms with Crippen molar-refractivity contribution in [3.8, 4) is 0 Å². The second-order valence-corrected chi connectivity index (χ2v) is 6.05. The van der Waals surface area contributed by atoms with E-state index in [2.05, 4.69) is 12.2 Å². The Kier molecular flexibility index (Phi) is 3.34. The highest BCUT2D eigenvalue weighted by molar-refractivity contribution is 7.99. The molecule has 0 radical (unpaired) electrons. The van der Waals surface area contributed by atoms with Crippen molar-refractivity contribution in [2.45, 2.75) is 44.4 Å². The molecule has 1 unspecified atom stereocenters. The average Bonchev–Trinajstić information content (AvgIpc) is 2.91. The fraction of sp³-hybridized carbons (Fsp3) is 0.692. The minimum Gasteiger partial charge on any atom is -0.311 e. The Morgan fingerprint density at radius 2 is 2.35 bits per heavy atom. The maximum Gasteiger partial charge on any atom is 0.141 e. The first-order chi connectivity index (χ1) is 8.38. The van der Waals surface area contributed by atoms with Gasteiger partial charge in [-0.15, -0.1) is 0 Å². The molecule has 2 aliphatic rings. The molecule has 3 rings (SSSR count). The summed E-state index contributed by atoms with van der Waals surface area (Å²) in [6.07, 6.45) is 4.70. The molecule has 1 saturated heterocycles. The first-order valence-electron chi connectivity index (χ1n) is 6.59. The van der Waals surface area contributed by atoms with E-state index in [1.807, 2.05) is 11.8 Å². The van der Waals surface area contributed by atoms with Gasteiger partial charge in [0.05, 0.1) is 10.9 Å². The maximum absolute atomic E-state index is 4.83. The van der Waals surface area contributed by atoms with Crippen LogP contribution in [0.3, 0.4) is 0 Å². The summed E-state index contributed by atoms with van der Waals surface area (Å²) in [5, 5.41) is 3.96. The Labute approximate surface area is 107 Å². The summed E-state index contributed by atoms with van der Waals surface area (Å²) in [4.78, 5) is 9.64. The molecule has 4 heteroatoms. The zero-order chi connectivity index (χ0) is 11.7. The van der Waals surface area contributed by atoms with Gasteiger partial charge < -0.3 is 5.32 Å². The minimum atomic E-state index is 0.549. The SMILES string of the molecule is CCc1nc(C2CCCS2)nc2c1CCNC2. The highest BCUT2D eigenvalue weighted by atomic mass is 32.2. The van der Waals surface area contributed by atoms with Crippen LogP contribution in [0.4, 0.5) is 0 Å². The summed E-state index contributed by atoms with van der Waals surface area (Å²) < 4.78 is 0. The molecule has 92 valence electrons. The largest absolute Gasteiger partial charge is 0.311 e. The molecule has 0 aromatic carbocycles. The average molecular weight is 249 g/mol. The summed E-state index contributed by atoms with van der Waals surface area (Å²) in [7, 11) is 0. The Hall–Kier alpha value is -0.610. The van der Waals surface area contributed by atoms with Gasteiger partial charge in [0.25, 0.3) is 0 Å². The second-order valence-electron chi connectivity index (χ2n) is 4.74. The summed E-state index contributed by atoms with van der Waals surface area (Å²) in [5.41, 5.74) is 3.96. The predicted molar refractivity (Wildman–Crippen MR) is 71.3 cm³/mol. The molecule has 1 aromatic heterocycles. The molecular formula is C13H19N3S. The van der Waals surface area contributed by atoms with Crippen LogP contribution in [0.1, 0.15) is 47.8 Å². The molecule has 3 nitrogen and oxygen atoms in total. The third kappa shape index (κ3) is 2.20. The van der Waals surface area contributed by atoms with Crippen molar-refractivity contribution < 1.29 is 0 Å². The van der Waals surface area contributed by atoms with Crippen LogP contribution in [-0.2, 0) is 19.4 Å². The minimum absolute atomic E-state index is 0.549. The van der Waals surface area contributed by atoms with Gasteiger partial charge in [-0.05, 0) is 43.5 Å². The molecule has 2 aliphatic heterocycles. The summed E-state index contributed by atoms with van der Waals surface area (Å²) in [6.45, 7) is 4.20. The van der Waals surface area contributed by atoms with Crippen molar-refractivity contribution in [1.29, 1.82) is 0 Å². The van der Waals surface area contributed by atoms with Crippen molar-refractivity contribution >= 4 is 11.8 Å². The van der Waals surface area contributed by atoms with E-state index in [9.17, 15) is 0 Å². The molecular weight excluding hydrogens is 230 g/mol. The summed E-state index contributed by atoms with van der Waals surface area (Å²) in [6, 6.07) is 0. The summed E-state index contributed by atoms with van der Waals surface area (Å²) in [5.74, 6) is 2.36. The van der Waals surface area contributed by atoms with Gasteiger partial charge in [0.15, 0.2) is 0 Å². The van der Waals surface area contributed by atoms with Crippen molar-refractivity contribution in [2.24, 2.45) is 0 Å². The lowest BCUT2D eigenvalue weighted by Crippen LogP contribution is -2.27. The maximum atomic E-state index is 4.83. The van der Waals surface area contributed by atoms with E-state index in [-0.39, 0.29) is 0 Å². The number of thioether (sulfide) groups is 1. The number of fused-ring (bicyclic) bond motifs is 1. The predicted octanol–water partition coefficient (Wildman–Crippen LogP) is 2.25. The quantitative estimate of drug-likeness (QED) is 0.872. The molecule has 3 heterocycles. The van der Waals surface area contributed by atoms with Gasteiger partial charge in [-0.3, -0.25) is 0 Å². The molecule has 1 aromatic rings. The van der Waals surface area contributed by atoms with Crippen molar-refractivity contribution in [1.82, 2.24) is 15.3 Å². The van der Waals surface area contributed by atoms with E-state index in [1.165, 1.54) is 35.5 Å². The van der Waals surface area contributed by atoms with E-state index < -0.39 is 0 Å². The van der Waals surface area contributed by atoms with E-state index in [4.69, 9.17) is 9.97 Å². The third-order valence-electron chi connectivity index (χ3n) is 3.59. The van der Waals surface area contributed by atoms with Crippen molar-refractivity contribution in [3.63, 3.8) is 0 Å². The zero-order valence-electron chi connectivity index (χ0n) is 10.3. The number of rotatable bonds is 2. The fourth-order valence-electron chi connectivity index (χ4n) is 2.68. The number of hydrogen-bond donors (Lipinski definition) is 1. The van der Waals surface area contributed by atoms with Crippen LogP contribution in [0, 0.1) is 0 Å². The fourth-order valence-corrected chi connectivity index (χ4v) is 3.88. The highest BCUT2D eigenvalue weighted by Crippen LogP contribution is 2.38. The van der Waals surface area contributed by atoms with Crippen LogP contribution >= 0.6 is 11.8 Å². The van der Waals surface area contributed by atoms with Gasteiger partial charge in [0.2, 0.25) is 0 Å². The lowest BCUT2D eigenvalue weighted by molar-refractivity contribution is 0.605. The Bertz CT molecular complexity index is 396. The molecule has 0 bridgehead atoms. The number of nitrogens with zero attached hydrogens (tertiary/aromatic N) is 2. The van der Waals surface area contributed by atoms with Crippen LogP contribution < -0.4 is 5.32 Å². The van der Waals surface area contributed by atoms with Crippen molar-refractivity contribution in [3.05, 3.63) is 22.8 Å². The van der Waals surface area contributed by atoms with Gasteiger partial charge in [0.1, 0.15) is 5.82 Å². The van der Waals surface area contributed by atoms with E-state index in [0.29, 0.717) is 5.25 Å². The van der Waals surface area contributed by atoms with Crippen LogP contribution in [0.5, 0.6) is 0 Å². The lowest BCUT2D eigenvalue weighted by atomic mass is 10.0. The first kappa shape index (κ1) is 11.5. The highest BCUT2D eigenvalue weighted by Gasteiger charge is 2.24. The molecule has 1 N–H and O–H groups in total. The Morgan fingerprint density at radius 1 is 1.41 bits per heavy atom. The van der Waals surface area contributed by atoms with Gasteiger partial charge >= 0.3 is 0 Å². The molecule has 0 saturated carbocycles. The van der Waals surface area contributed by atoms with Crippen LogP contribution in [0.15, 0.2) is 0 Å². The number of aryl methyl sites for hydroxylation is 1. The molecule has 1 fully saturated rings. The molecule has 0 aliphatic carbocycles. The number of hydrogen-bond acceptors (Lipinski definition) is 4. The molecule has 0 amide bonds. The van der Waals surface area contributed by atoms with E-state index in [0.717, 1.165) is 31.8 Å². The first-order valence-corrected chi connectivity index (χ1v) is 7.64. The monoisotopic (exact) mass is 249 g/mol. The standard InChI is InChI=1S/C13H19N3S/c1-2-10-9-5-6-14-8-11(9)16-13(15-10)12-4-3-7-17-12/h12,14H,2-8H2,1H3. The van der Waals surface area contributed by atoms with Crippen LogP contribution in [0.25, 0.3) is 0 Å². The third-order valence-corrected chi connectivity index (χ3v) is 4.97. The van der Waals surface area contributed by atoms with Gasteiger partial charge in [-0.1, -0.05) is 6.92 Å². The van der Waals surface area contributed by atoms with Crippen LogP contribution in [-0.4, -0.2) is 22.3 Å².